The van der Waals surface area contributed by atoms with E-state index in [0.717, 1.165) is 51.0 Å². The highest BCUT2D eigenvalue weighted by Gasteiger charge is 2.33. The largest absolute Gasteiger partial charge is 0.490 e. The molecule has 2 fully saturated rings. The van der Waals surface area contributed by atoms with Crippen molar-refractivity contribution in [3.8, 4) is 5.75 Å². The zero-order valence-electron chi connectivity index (χ0n) is 14.8. The molecule has 2 atom stereocenters. The number of ether oxygens (including phenoxy) is 1. The number of piperazine rings is 1. The van der Waals surface area contributed by atoms with Crippen LogP contribution in [0.3, 0.4) is 0 Å². The van der Waals surface area contributed by atoms with Gasteiger partial charge in [-0.2, -0.15) is 0 Å². The SMILES string of the molecule is Fc1ccc(OC[C@H]2CC[C@H]3CN(c4ncc(Cl)cn4)CCN3C2)c(F)c1. The molecule has 0 saturated carbocycles. The van der Waals surface area contributed by atoms with Crippen LogP contribution in [0.25, 0.3) is 0 Å². The van der Waals surface area contributed by atoms with Crippen molar-refractivity contribution in [2.45, 2.75) is 18.9 Å². The first-order valence-corrected chi connectivity index (χ1v) is 9.50. The van der Waals surface area contributed by atoms with Gasteiger partial charge < -0.3 is 9.64 Å². The number of anilines is 1. The van der Waals surface area contributed by atoms with Crippen molar-refractivity contribution in [2.75, 3.05) is 37.7 Å². The summed E-state index contributed by atoms with van der Waals surface area (Å²) in [4.78, 5) is 13.3. The van der Waals surface area contributed by atoms with Crippen LogP contribution in [0.5, 0.6) is 5.75 Å². The molecule has 1 aromatic heterocycles. The summed E-state index contributed by atoms with van der Waals surface area (Å²) in [6, 6.07) is 3.87. The molecule has 0 aliphatic carbocycles. The van der Waals surface area contributed by atoms with Crippen molar-refractivity contribution in [1.29, 1.82) is 0 Å². The second-order valence-corrected chi connectivity index (χ2v) is 7.56. The minimum atomic E-state index is -0.653. The van der Waals surface area contributed by atoms with E-state index in [9.17, 15) is 8.78 Å². The maximum absolute atomic E-state index is 13.7. The summed E-state index contributed by atoms with van der Waals surface area (Å²) >= 11 is 5.86. The fourth-order valence-corrected chi connectivity index (χ4v) is 3.94. The summed E-state index contributed by atoms with van der Waals surface area (Å²) in [7, 11) is 0. The van der Waals surface area contributed by atoms with Gasteiger partial charge in [0.2, 0.25) is 5.95 Å². The van der Waals surface area contributed by atoms with Gasteiger partial charge in [-0.05, 0) is 25.0 Å². The van der Waals surface area contributed by atoms with Gasteiger partial charge in [-0.15, -0.1) is 0 Å². The normalized spacial score (nSPS) is 23.1. The minimum Gasteiger partial charge on any atom is -0.490 e. The zero-order valence-corrected chi connectivity index (χ0v) is 15.6. The molecule has 2 saturated heterocycles. The second kappa shape index (κ2) is 7.94. The second-order valence-electron chi connectivity index (χ2n) is 7.13. The van der Waals surface area contributed by atoms with Crippen LogP contribution in [0.15, 0.2) is 30.6 Å². The van der Waals surface area contributed by atoms with E-state index >= 15 is 0 Å². The van der Waals surface area contributed by atoms with E-state index in [-0.39, 0.29) is 5.75 Å². The first-order valence-electron chi connectivity index (χ1n) is 9.13. The Morgan fingerprint density at radius 1 is 1.11 bits per heavy atom. The highest BCUT2D eigenvalue weighted by molar-refractivity contribution is 6.30. The molecule has 2 aliphatic rings. The molecule has 0 N–H and O–H groups in total. The molecule has 0 amide bonds. The van der Waals surface area contributed by atoms with E-state index in [2.05, 4.69) is 19.8 Å². The number of benzene rings is 1. The number of nitrogens with zero attached hydrogens (tertiary/aromatic N) is 4. The van der Waals surface area contributed by atoms with Crippen molar-refractivity contribution >= 4 is 17.5 Å². The average Bonchev–Trinajstić information content (AvgIpc) is 2.67. The number of fused-ring (bicyclic) bond motifs is 1. The third-order valence-electron chi connectivity index (χ3n) is 5.26. The summed E-state index contributed by atoms with van der Waals surface area (Å²) in [6.07, 6.45) is 5.31. The van der Waals surface area contributed by atoms with Crippen LogP contribution >= 0.6 is 11.6 Å². The molecular weight excluding hydrogens is 374 g/mol. The summed E-state index contributed by atoms with van der Waals surface area (Å²) < 4.78 is 32.3. The first-order chi connectivity index (χ1) is 13.1. The summed E-state index contributed by atoms with van der Waals surface area (Å²) in [5.74, 6) is -0.0771. The fourth-order valence-electron chi connectivity index (χ4n) is 3.84. The van der Waals surface area contributed by atoms with E-state index < -0.39 is 11.6 Å². The highest BCUT2D eigenvalue weighted by Crippen LogP contribution is 2.28. The van der Waals surface area contributed by atoms with Gasteiger partial charge in [0.05, 0.1) is 24.0 Å². The van der Waals surface area contributed by atoms with Crippen molar-refractivity contribution in [3.63, 3.8) is 0 Å². The predicted molar refractivity (Wildman–Crippen MR) is 99.2 cm³/mol. The predicted octanol–water partition coefficient (Wildman–Crippen LogP) is 3.39. The average molecular weight is 395 g/mol. The lowest BCUT2D eigenvalue weighted by Crippen LogP contribution is -2.57. The Hall–Kier alpha value is -1.99. The smallest absolute Gasteiger partial charge is 0.225 e. The Kier molecular flexibility index (Phi) is 5.41. The molecule has 0 radical (unpaired) electrons. The number of aromatic nitrogens is 2. The van der Waals surface area contributed by atoms with Crippen LogP contribution in [0.2, 0.25) is 5.02 Å². The molecule has 3 heterocycles. The maximum Gasteiger partial charge on any atom is 0.225 e. The van der Waals surface area contributed by atoms with E-state index in [1.165, 1.54) is 12.1 Å². The number of hydrogen-bond acceptors (Lipinski definition) is 5. The van der Waals surface area contributed by atoms with Crippen LogP contribution < -0.4 is 9.64 Å². The van der Waals surface area contributed by atoms with Crippen LogP contribution in [0.1, 0.15) is 12.8 Å². The van der Waals surface area contributed by atoms with Gasteiger partial charge in [0.15, 0.2) is 11.6 Å². The van der Waals surface area contributed by atoms with Crippen molar-refractivity contribution < 1.29 is 13.5 Å². The number of rotatable bonds is 4. The lowest BCUT2D eigenvalue weighted by Gasteiger charge is -2.46. The van der Waals surface area contributed by atoms with Crippen LogP contribution in [-0.4, -0.2) is 53.7 Å². The first kappa shape index (κ1) is 18.4. The molecule has 5 nitrogen and oxygen atoms in total. The zero-order chi connectivity index (χ0) is 18.8. The summed E-state index contributed by atoms with van der Waals surface area (Å²) in [6.45, 7) is 4.04. The van der Waals surface area contributed by atoms with Gasteiger partial charge >= 0.3 is 0 Å². The molecule has 0 unspecified atom stereocenters. The Balaban J connectivity index is 1.30. The Labute approximate surface area is 161 Å². The van der Waals surface area contributed by atoms with E-state index in [4.69, 9.17) is 16.3 Å². The fraction of sp³-hybridized carbons (Fsp3) is 0.474. The van der Waals surface area contributed by atoms with Gasteiger partial charge in [-0.1, -0.05) is 11.6 Å². The lowest BCUT2D eigenvalue weighted by molar-refractivity contribution is 0.0716. The molecule has 0 bridgehead atoms. The molecule has 0 spiro atoms. The Bertz CT molecular complexity index is 792. The van der Waals surface area contributed by atoms with Crippen molar-refractivity contribution in [3.05, 3.63) is 47.2 Å². The van der Waals surface area contributed by atoms with Crippen molar-refractivity contribution in [2.24, 2.45) is 5.92 Å². The standard InChI is InChI=1S/C19H21ClF2N4O/c20-14-8-23-19(24-9-14)26-6-5-25-10-13(1-3-16(25)11-26)12-27-18-4-2-15(21)7-17(18)22/h2,4,7-9,13,16H,1,3,5-6,10-12H2/t13-,16-/m0/s1. The third-order valence-corrected chi connectivity index (χ3v) is 5.46. The van der Waals surface area contributed by atoms with Crippen LogP contribution in [0, 0.1) is 17.6 Å². The minimum absolute atomic E-state index is 0.114. The molecule has 1 aromatic carbocycles. The van der Waals surface area contributed by atoms with E-state index in [0.29, 0.717) is 23.6 Å². The van der Waals surface area contributed by atoms with Gasteiger partial charge in [-0.25, -0.2) is 18.7 Å². The lowest BCUT2D eigenvalue weighted by atomic mass is 9.91. The molecular formula is C19H21ClF2N4O. The monoisotopic (exact) mass is 394 g/mol. The van der Waals surface area contributed by atoms with Gasteiger partial charge in [-0.3, -0.25) is 4.90 Å². The van der Waals surface area contributed by atoms with E-state index in [1.807, 2.05) is 0 Å². The van der Waals surface area contributed by atoms with Crippen molar-refractivity contribution in [1.82, 2.24) is 14.9 Å². The molecule has 144 valence electrons. The molecule has 27 heavy (non-hydrogen) atoms. The quantitative estimate of drug-likeness (QED) is 0.795. The summed E-state index contributed by atoms with van der Waals surface area (Å²) in [5, 5.41) is 0.537. The molecule has 8 heteroatoms. The Morgan fingerprint density at radius 2 is 1.93 bits per heavy atom. The maximum atomic E-state index is 13.7. The highest BCUT2D eigenvalue weighted by atomic mass is 35.5. The number of piperidine rings is 1. The third kappa shape index (κ3) is 4.30. The Morgan fingerprint density at radius 3 is 2.70 bits per heavy atom. The topological polar surface area (TPSA) is 41.5 Å². The number of halogens is 3. The van der Waals surface area contributed by atoms with Crippen LogP contribution in [-0.2, 0) is 0 Å². The van der Waals surface area contributed by atoms with E-state index in [1.54, 1.807) is 12.4 Å². The molecule has 4 rings (SSSR count). The molecule has 2 aromatic rings. The number of hydrogen-bond donors (Lipinski definition) is 0. The van der Waals surface area contributed by atoms with Crippen LogP contribution in [0.4, 0.5) is 14.7 Å². The van der Waals surface area contributed by atoms with Gasteiger partial charge in [0, 0.05) is 44.2 Å². The molecule has 2 aliphatic heterocycles. The van der Waals surface area contributed by atoms with Gasteiger partial charge in [0.1, 0.15) is 5.82 Å². The van der Waals surface area contributed by atoms with Gasteiger partial charge in [0.25, 0.3) is 0 Å². The summed E-state index contributed by atoms with van der Waals surface area (Å²) in [5.41, 5.74) is 0.